The molecule has 0 radical (unpaired) electrons. The van der Waals surface area contributed by atoms with Gasteiger partial charge in [-0.25, -0.2) is 4.98 Å². The molecule has 1 aliphatic heterocycles. The number of pyridine rings is 1. The number of benzene rings is 1. The van der Waals surface area contributed by atoms with Crippen LogP contribution in [-0.4, -0.2) is 43.7 Å². The number of amides is 2. The van der Waals surface area contributed by atoms with Gasteiger partial charge in [0.1, 0.15) is 6.10 Å². The lowest BCUT2D eigenvalue weighted by atomic mass is 10.1. The Morgan fingerprint density at radius 1 is 1.31 bits per heavy atom. The van der Waals surface area contributed by atoms with Crippen LogP contribution in [0.5, 0.6) is 5.88 Å². The standard InChI is InChI=1S/C19H21N3O4/c1-22(15-8-9-17(25-2)20-12-15)19(24)13-5-3-6-14(11-13)21-18(23)16-7-4-10-26-16/h3,5-6,8-9,11-12,16H,4,7,10H2,1-2H3,(H,21,23)/t16-/m1/s1. The van der Waals surface area contributed by atoms with E-state index in [1.165, 1.54) is 12.0 Å². The van der Waals surface area contributed by atoms with Crippen LogP contribution in [0.1, 0.15) is 23.2 Å². The predicted octanol–water partition coefficient (Wildman–Crippen LogP) is 2.48. The van der Waals surface area contributed by atoms with Gasteiger partial charge in [-0.3, -0.25) is 9.59 Å². The number of nitrogens with one attached hydrogen (secondary N) is 1. The second-order valence-electron chi connectivity index (χ2n) is 5.99. The molecule has 1 aliphatic rings. The maximum atomic E-state index is 12.7. The first kappa shape index (κ1) is 17.9. The van der Waals surface area contributed by atoms with E-state index in [2.05, 4.69) is 10.3 Å². The van der Waals surface area contributed by atoms with E-state index in [1.54, 1.807) is 49.6 Å². The van der Waals surface area contributed by atoms with Crippen molar-refractivity contribution in [3.63, 3.8) is 0 Å². The summed E-state index contributed by atoms with van der Waals surface area (Å²) in [5, 5.41) is 2.81. The third kappa shape index (κ3) is 4.00. The van der Waals surface area contributed by atoms with E-state index in [1.807, 2.05) is 0 Å². The average molecular weight is 355 g/mol. The Morgan fingerprint density at radius 3 is 2.81 bits per heavy atom. The molecule has 1 aromatic heterocycles. The van der Waals surface area contributed by atoms with Gasteiger partial charge in [0.25, 0.3) is 11.8 Å². The number of aromatic nitrogens is 1. The Balaban J connectivity index is 1.71. The first-order valence-corrected chi connectivity index (χ1v) is 8.39. The summed E-state index contributed by atoms with van der Waals surface area (Å²) in [6, 6.07) is 10.3. The summed E-state index contributed by atoms with van der Waals surface area (Å²) >= 11 is 0. The molecular formula is C19H21N3O4. The summed E-state index contributed by atoms with van der Waals surface area (Å²) in [7, 11) is 3.21. The maximum absolute atomic E-state index is 12.7. The fourth-order valence-corrected chi connectivity index (χ4v) is 2.74. The van der Waals surface area contributed by atoms with Crippen LogP contribution in [0.25, 0.3) is 0 Å². The average Bonchev–Trinajstić information content (AvgIpc) is 3.22. The molecule has 7 nitrogen and oxygen atoms in total. The molecule has 1 N–H and O–H groups in total. The summed E-state index contributed by atoms with van der Waals surface area (Å²) in [4.78, 5) is 30.5. The van der Waals surface area contributed by atoms with E-state index in [0.717, 1.165) is 12.8 Å². The first-order valence-electron chi connectivity index (χ1n) is 8.39. The fraction of sp³-hybridized carbons (Fsp3) is 0.316. The van der Waals surface area contributed by atoms with Gasteiger partial charge in [-0.1, -0.05) is 6.07 Å². The molecule has 2 heterocycles. The molecule has 0 bridgehead atoms. The highest BCUT2D eigenvalue weighted by molar-refractivity contribution is 6.06. The maximum Gasteiger partial charge on any atom is 0.258 e. The van der Waals surface area contributed by atoms with Gasteiger partial charge in [0.15, 0.2) is 0 Å². The molecule has 1 aromatic carbocycles. The monoisotopic (exact) mass is 355 g/mol. The normalized spacial score (nSPS) is 16.2. The van der Waals surface area contributed by atoms with Gasteiger partial charge in [0, 0.05) is 31.0 Å². The molecule has 26 heavy (non-hydrogen) atoms. The van der Waals surface area contributed by atoms with E-state index in [4.69, 9.17) is 9.47 Å². The molecule has 3 rings (SSSR count). The van der Waals surface area contributed by atoms with Gasteiger partial charge in [-0.05, 0) is 37.1 Å². The van der Waals surface area contributed by atoms with Gasteiger partial charge in [-0.15, -0.1) is 0 Å². The van der Waals surface area contributed by atoms with Gasteiger partial charge < -0.3 is 19.7 Å². The quantitative estimate of drug-likeness (QED) is 0.891. The molecule has 0 aliphatic carbocycles. The van der Waals surface area contributed by atoms with E-state index in [0.29, 0.717) is 29.4 Å². The number of nitrogens with zero attached hydrogens (tertiary/aromatic N) is 2. The van der Waals surface area contributed by atoms with Crippen molar-refractivity contribution in [2.24, 2.45) is 0 Å². The predicted molar refractivity (Wildman–Crippen MR) is 97.6 cm³/mol. The minimum Gasteiger partial charge on any atom is -0.481 e. The summed E-state index contributed by atoms with van der Waals surface area (Å²) in [6.07, 6.45) is 2.76. The third-order valence-corrected chi connectivity index (χ3v) is 4.22. The Morgan fingerprint density at radius 2 is 2.15 bits per heavy atom. The molecule has 0 saturated carbocycles. The summed E-state index contributed by atoms with van der Waals surface area (Å²) in [6.45, 7) is 0.608. The number of carbonyl (C=O) groups is 2. The molecule has 7 heteroatoms. The minimum absolute atomic E-state index is 0.181. The first-order chi connectivity index (χ1) is 12.6. The van der Waals surface area contributed by atoms with Crippen molar-refractivity contribution in [2.45, 2.75) is 18.9 Å². The zero-order valence-corrected chi connectivity index (χ0v) is 14.8. The SMILES string of the molecule is COc1ccc(N(C)C(=O)c2cccc(NC(=O)[C@H]3CCCO3)c2)cn1. The number of hydrogen-bond donors (Lipinski definition) is 1. The van der Waals surface area contributed by atoms with Crippen LogP contribution in [-0.2, 0) is 9.53 Å². The van der Waals surface area contributed by atoms with Crippen molar-refractivity contribution in [3.05, 3.63) is 48.2 Å². The molecule has 136 valence electrons. The van der Waals surface area contributed by atoms with Crippen molar-refractivity contribution in [1.29, 1.82) is 0 Å². The highest BCUT2D eigenvalue weighted by Crippen LogP contribution is 2.20. The van der Waals surface area contributed by atoms with Crippen LogP contribution < -0.4 is 15.0 Å². The largest absolute Gasteiger partial charge is 0.481 e. The fourth-order valence-electron chi connectivity index (χ4n) is 2.74. The van der Waals surface area contributed by atoms with Crippen LogP contribution >= 0.6 is 0 Å². The summed E-state index contributed by atoms with van der Waals surface area (Å²) in [5.41, 5.74) is 1.68. The Bertz CT molecular complexity index is 786. The minimum atomic E-state index is -0.414. The van der Waals surface area contributed by atoms with Crippen molar-refractivity contribution >= 4 is 23.2 Å². The smallest absolute Gasteiger partial charge is 0.258 e. The summed E-state index contributed by atoms with van der Waals surface area (Å²) < 4.78 is 10.4. The number of carbonyl (C=O) groups excluding carboxylic acids is 2. The Hall–Kier alpha value is -2.93. The van der Waals surface area contributed by atoms with Crippen LogP contribution in [0.4, 0.5) is 11.4 Å². The molecule has 1 atom stereocenters. The van der Waals surface area contributed by atoms with E-state index in [-0.39, 0.29) is 11.8 Å². The highest BCUT2D eigenvalue weighted by atomic mass is 16.5. The summed E-state index contributed by atoms with van der Waals surface area (Å²) in [5.74, 6) is 0.0958. The van der Waals surface area contributed by atoms with Gasteiger partial charge in [0.2, 0.25) is 5.88 Å². The van der Waals surface area contributed by atoms with Gasteiger partial charge in [-0.2, -0.15) is 0 Å². The number of rotatable bonds is 5. The number of hydrogen-bond acceptors (Lipinski definition) is 5. The Kier molecular flexibility index (Phi) is 5.48. The van der Waals surface area contributed by atoms with Crippen LogP contribution in [0.2, 0.25) is 0 Å². The van der Waals surface area contributed by atoms with Gasteiger partial charge in [0.05, 0.1) is 19.0 Å². The Labute approximate surface area is 151 Å². The molecule has 2 aromatic rings. The highest BCUT2D eigenvalue weighted by Gasteiger charge is 2.23. The van der Waals surface area contributed by atoms with Crippen molar-refractivity contribution < 1.29 is 19.1 Å². The van der Waals surface area contributed by atoms with Crippen molar-refractivity contribution in [2.75, 3.05) is 31.0 Å². The molecule has 1 saturated heterocycles. The number of anilines is 2. The number of methoxy groups -OCH3 is 1. The molecule has 2 amide bonds. The van der Waals surface area contributed by atoms with E-state index >= 15 is 0 Å². The van der Waals surface area contributed by atoms with Crippen LogP contribution in [0.15, 0.2) is 42.6 Å². The van der Waals surface area contributed by atoms with E-state index in [9.17, 15) is 9.59 Å². The lowest BCUT2D eigenvalue weighted by Gasteiger charge is -2.18. The molecular weight excluding hydrogens is 334 g/mol. The molecule has 0 spiro atoms. The second-order valence-corrected chi connectivity index (χ2v) is 5.99. The molecule has 0 unspecified atom stereocenters. The van der Waals surface area contributed by atoms with Crippen molar-refractivity contribution in [1.82, 2.24) is 4.98 Å². The van der Waals surface area contributed by atoms with E-state index < -0.39 is 6.10 Å². The van der Waals surface area contributed by atoms with Crippen LogP contribution in [0.3, 0.4) is 0 Å². The third-order valence-electron chi connectivity index (χ3n) is 4.22. The van der Waals surface area contributed by atoms with Crippen LogP contribution in [0, 0.1) is 0 Å². The zero-order valence-electron chi connectivity index (χ0n) is 14.8. The lowest BCUT2D eigenvalue weighted by Crippen LogP contribution is -2.28. The van der Waals surface area contributed by atoms with Crippen molar-refractivity contribution in [3.8, 4) is 5.88 Å². The number of ether oxygens (including phenoxy) is 2. The van der Waals surface area contributed by atoms with Gasteiger partial charge >= 0.3 is 0 Å². The zero-order chi connectivity index (χ0) is 18.5. The lowest BCUT2D eigenvalue weighted by molar-refractivity contribution is -0.124. The molecule has 1 fully saturated rings. The topological polar surface area (TPSA) is 80.8 Å². The second kappa shape index (κ2) is 7.97.